The second-order valence-corrected chi connectivity index (χ2v) is 3.72. The highest BCUT2D eigenvalue weighted by atomic mass is 16.5. The van der Waals surface area contributed by atoms with Crippen molar-refractivity contribution in [1.82, 2.24) is 10.2 Å². The van der Waals surface area contributed by atoms with Gasteiger partial charge in [0.15, 0.2) is 0 Å². The first-order valence-corrected chi connectivity index (χ1v) is 5.03. The molecule has 0 aliphatic heterocycles. The summed E-state index contributed by atoms with van der Waals surface area (Å²) >= 11 is 0. The molecule has 1 heterocycles. The maximum absolute atomic E-state index is 11.0. The molecule has 1 aromatic heterocycles. The number of aromatic nitrogens is 2. The van der Waals surface area contributed by atoms with Gasteiger partial charge in [-0.3, -0.25) is 9.89 Å². The molecule has 0 radical (unpaired) electrons. The van der Waals surface area contributed by atoms with Crippen molar-refractivity contribution in [3.8, 4) is 0 Å². The van der Waals surface area contributed by atoms with Crippen LogP contribution in [0.25, 0.3) is 0 Å². The van der Waals surface area contributed by atoms with Crippen LogP contribution in [0.1, 0.15) is 35.9 Å². The molecule has 1 aliphatic rings. The minimum atomic E-state index is -0.851. The van der Waals surface area contributed by atoms with Gasteiger partial charge in [0, 0.05) is 5.69 Å². The Labute approximate surface area is 87.4 Å². The van der Waals surface area contributed by atoms with Gasteiger partial charge >= 0.3 is 5.97 Å². The molecule has 0 amide bonds. The summed E-state index contributed by atoms with van der Waals surface area (Å²) in [5.41, 5.74) is 2.77. The third kappa shape index (κ3) is 1.87. The highest BCUT2D eigenvalue weighted by molar-refractivity contribution is 5.70. The number of rotatable bonds is 3. The summed E-state index contributed by atoms with van der Waals surface area (Å²) < 4.78 is 4.50. The molecule has 2 rings (SSSR count). The zero-order chi connectivity index (χ0) is 10.8. The van der Waals surface area contributed by atoms with E-state index in [-0.39, 0.29) is 6.42 Å². The topological polar surface area (TPSA) is 75.2 Å². The Bertz CT molecular complexity index is 373. The molecule has 0 unspecified atom stereocenters. The molecule has 1 atom stereocenters. The van der Waals surface area contributed by atoms with Crippen LogP contribution in [0, 0.1) is 0 Å². The van der Waals surface area contributed by atoms with Gasteiger partial charge in [0.1, 0.15) is 6.10 Å². The van der Waals surface area contributed by atoms with E-state index < -0.39 is 12.1 Å². The Hall–Kier alpha value is -1.36. The van der Waals surface area contributed by atoms with Crippen LogP contribution in [-0.4, -0.2) is 28.4 Å². The number of H-pyrrole nitrogens is 1. The molecular weight excluding hydrogens is 196 g/mol. The van der Waals surface area contributed by atoms with Gasteiger partial charge in [-0.25, -0.2) is 0 Å². The molecule has 0 fully saturated rings. The fourth-order valence-electron chi connectivity index (χ4n) is 1.96. The molecule has 82 valence electrons. The lowest BCUT2D eigenvalue weighted by Gasteiger charge is -2.07. The molecule has 2 N–H and O–H groups in total. The Balaban J connectivity index is 2.12. The molecule has 0 saturated carbocycles. The van der Waals surface area contributed by atoms with Crippen LogP contribution in [0.5, 0.6) is 0 Å². The number of fused-ring (bicyclic) bond motifs is 1. The summed E-state index contributed by atoms with van der Waals surface area (Å²) in [4.78, 5) is 11.0. The standard InChI is InChI=1S/C10H14N2O3/c1-15-9(14)5-8(13)10-6-3-2-4-7(6)11-12-10/h8,13H,2-5H2,1H3,(H,11,12)/t8-/m0/s1. The number of carbonyl (C=O) groups is 1. The predicted molar refractivity (Wildman–Crippen MR) is 52.2 cm³/mol. The largest absolute Gasteiger partial charge is 0.469 e. The number of aliphatic hydroxyl groups is 1. The van der Waals surface area contributed by atoms with Crippen molar-refractivity contribution in [3.63, 3.8) is 0 Å². The summed E-state index contributed by atoms with van der Waals surface area (Å²) in [5.74, 6) is -0.419. The van der Waals surface area contributed by atoms with E-state index in [9.17, 15) is 9.90 Å². The summed E-state index contributed by atoms with van der Waals surface area (Å²) in [6.07, 6.45) is 2.11. The smallest absolute Gasteiger partial charge is 0.308 e. The first-order chi connectivity index (χ1) is 7.22. The average molecular weight is 210 g/mol. The fourth-order valence-corrected chi connectivity index (χ4v) is 1.96. The van der Waals surface area contributed by atoms with Gasteiger partial charge in [0.2, 0.25) is 0 Å². The number of aryl methyl sites for hydroxylation is 1. The Morgan fingerprint density at radius 2 is 2.47 bits per heavy atom. The number of esters is 1. The lowest BCUT2D eigenvalue weighted by Crippen LogP contribution is -2.09. The van der Waals surface area contributed by atoms with E-state index in [0.29, 0.717) is 5.69 Å². The van der Waals surface area contributed by atoms with E-state index >= 15 is 0 Å². The van der Waals surface area contributed by atoms with Crippen molar-refractivity contribution in [2.24, 2.45) is 0 Å². The van der Waals surface area contributed by atoms with Gasteiger partial charge in [0.05, 0.1) is 19.2 Å². The maximum atomic E-state index is 11.0. The Kier molecular flexibility index (Phi) is 2.73. The summed E-state index contributed by atoms with van der Waals surface area (Å²) in [6.45, 7) is 0. The number of ether oxygens (including phenoxy) is 1. The normalized spacial score (nSPS) is 16.1. The first kappa shape index (κ1) is 10.2. The average Bonchev–Trinajstić information content (AvgIpc) is 2.77. The number of nitrogens with one attached hydrogen (secondary N) is 1. The van der Waals surface area contributed by atoms with Crippen LogP contribution >= 0.6 is 0 Å². The SMILES string of the molecule is COC(=O)C[C@H](O)c1n[nH]c2c1CCC2. The van der Waals surface area contributed by atoms with E-state index in [1.165, 1.54) is 7.11 Å². The molecule has 15 heavy (non-hydrogen) atoms. The van der Waals surface area contributed by atoms with Crippen molar-refractivity contribution in [3.05, 3.63) is 17.0 Å². The molecular formula is C10H14N2O3. The van der Waals surface area contributed by atoms with Gasteiger partial charge in [-0.15, -0.1) is 0 Å². The van der Waals surface area contributed by atoms with E-state index in [0.717, 1.165) is 30.5 Å². The summed E-state index contributed by atoms with van der Waals surface area (Å²) in [6, 6.07) is 0. The van der Waals surface area contributed by atoms with Crippen molar-refractivity contribution in [1.29, 1.82) is 0 Å². The summed E-state index contributed by atoms with van der Waals surface area (Å²) in [5, 5.41) is 16.7. The van der Waals surface area contributed by atoms with Crippen molar-refractivity contribution in [2.75, 3.05) is 7.11 Å². The maximum Gasteiger partial charge on any atom is 0.308 e. The Morgan fingerprint density at radius 1 is 1.67 bits per heavy atom. The number of methoxy groups -OCH3 is 1. The van der Waals surface area contributed by atoms with E-state index in [4.69, 9.17) is 0 Å². The lowest BCUT2D eigenvalue weighted by molar-refractivity contribution is -0.142. The molecule has 1 aliphatic carbocycles. The third-order valence-electron chi connectivity index (χ3n) is 2.74. The van der Waals surface area contributed by atoms with Gasteiger partial charge in [-0.1, -0.05) is 0 Å². The first-order valence-electron chi connectivity index (χ1n) is 5.03. The van der Waals surface area contributed by atoms with Crippen LogP contribution in [0.15, 0.2) is 0 Å². The molecule has 1 aromatic rings. The van der Waals surface area contributed by atoms with Gasteiger partial charge in [0.25, 0.3) is 0 Å². The number of carbonyl (C=O) groups excluding carboxylic acids is 1. The lowest BCUT2D eigenvalue weighted by atomic mass is 10.1. The van der Waals surface area contributed by atoms with Gasteiger partial charge in [-0.2, -0.15) is 5.10 Å². The summed E-state index contributed by atoms with van der Waals surface area (Å²) in [7, 11) is 1.31. The minimum absolute atomic E-state index is 0.0339. The van der Waals surface area contributed by atoms with Gasteiger partial charge in [-0.05, 0) is 24.8 Å². The third-order valence-corrected chi connectivity index (χ3v) is 2.74. The van der Waals surface area contributed by atoms with Crippen molar-refractivity contribution < 1.29 is 14.6 Å². The van der Waals surface area contributed by atoms with Crippen LogP contribution in [0.2, 0.25) is 0 Å². The highest BCUT2D eigenvalue weighted by Crippen LogP contribution is 2.28. The molecule has 0 saturated heterocycles. The number of nitrogens with zero attached hydrogens (tertiary/aromatic N) is 1. The highest BCUT2D eigenvalue weighted by Gasteiger charge is 2.24. The number of aliphatic hydroxyl groups excluding tert-OH is 1. The molecule has 5 heteroatoms. The zero-order valence-electron chi connectivity index (χ0n) is 8.62. The quantitative estimate of drug-likeness (QED) is 0.712. The van der Waals surface area contributed by atoms with Crippen LogP contribution in [-0.2, 0) is 22.4 Å². The van der Waals surface area contributed by atoms with Crippen LogP contribution < -0.4 is 0 Å². The second-order valence-electron chi connectivity index (χ2n) is 3.72. The Morgan fingerprint density at radius 3 is 3.20 bits per heavy atom. The predicted octanol–water partition coefficient (Wildman–Crippen LogP) is 0.495. The molecule has 0 aromatic carbocycles. The van der Waals surface area contributed by atoms with Crippen molar-refractivity contribution >= 4 is 5.97 Å². The van der Waals surface area contributed by atoms with E-state index in [1.807, 2.05) is 0 Å². The van der Waals surface area contributed by atoms with Gasteiger partial charge < -0.3 is 9.84 Å². The minimum Gasteiger partial charge on any atom is -0.469 e. The monoisotopic (exact) mass is 210 g/mol. The molecule has 5 nitrogen and oxygen atoms in total. The van der Waals surface area contributed by atoms with Crippen LogP contribution in [0.4, 0.5) is 0 Å². The fraction of sp³-hybridized carbons (Fsp3) is 0.600. The van der Waals surface area contributed by atoms with E-state index in [2.05, 4.69) is 14.9 Å². The molecule has 0 spiro atoms. The zero-order valence-corrected chi connectivity index (χ0v) is 8.62. The van der Waals surface area contributed by atoms with Crippen molar-refractivity contribution in [2.45, 2.75) is 31.8 Å². The van der Waals surface area contributed by atoms with E-state index in [1.54, 1.807) is 0 Å². The number of hydrogen-bond donors (Lipinski definition) is 2. The molecule has 0 bridgehead atoms. The number of aromatic amines is 1. The van der Waals surface area contributed by atoms with Crippen LogP contribution in [0.3, 0.4) is 0 Å². The number of hydrogen-bond acceptors (Lipinski definition) is 4. The second kappa shape index (κ2) is 4.02.